The molecular weight excluding hydrogens is 168 g/mol. The lowest BCUT2D eigenvalue weighted by molar-refractivity contribution is -0.144. The van der Waals surface area contributed by atoms with Gasteiger partial charge in [0.15, 0.2) is 0 Å². The predicted octanol–water partition coefficient (Wildman–Crippen LogP) is 1.67. The lowest BCUT2D eigenvalue weighted by Crippen LogP contribution is -2.22. The summed E-state index contributed by atoms with van der Waals surface area (Å²) in [5, 5.41) is 0. The van der Waals surface area contributed by atoms with E-state index in [1.165, 1.54) is 6.08 Å². The molecule has 1 aliphatic heterocycles. The number of hydrogen-bond donors (Lipinski definition) is 0. The quantitative estimate of drug-likeness (QED) is 0.358. The number of carbonyl (C=O) groups is 1. The molecule has 1 rings (SSSR count). The SMILES string of the molecule is C=CC(=O)OC(CCCC)C1CO1. The second kappa shape index (κ2) is 5.02. The van der Waals surface area contributed by atoms with Crippen LogP contribution in [-0.4, -0.2) is 24.8 Å². The van der Waals surface area contributed by atoms with Crippen molar-refractivity contribution in [2.45, 2.75) is 38.4 Å². The summed E-state index contributed by atoms with van der Waals surface area (Å²) in [7, 11) is 0. The van der Waals surface area contributed by atoms with E-state index in [0.29, 0.717) is 0 Å². The number of unbranched alkanes of at least 4 members (excludes halogenated alkanes) is 1. The Labute approximate surface area is 78.7 Å². The summed E-state index contributed by atoms with van der Waals surface area (Å²) in [6.07, 6.45) is 4.33. The smallest absolute Gasteiger partial charge is 0.330 e. The fourth-order valence-corrected chi connectivity index (χ4v) is 1.19. The molecule has 1 fully saturated rings. The van der Waals surface area contributed by atoms with Gasteiger partial charge >= 0.3 is 5.97 Å². The standard InChI is InChI=1S/C10H16O3/c1-3-5-6-8(9-7-12-9)13-10(11)4-2/h4,8-9H,2-3,5-7H2,1H3. The minimum absolute atomic E-state index is 0.0644. The summed E-state index contributed by atoms with van der Waals surface area (Å²) in [5.41, 5.74) is 0. The Balaban J connectivity index is 2.28. The third-order valence-corrected chi connectivity index (χ3v) is 2.05. The van der Waals surface area contributed by atoms with Crippen molar-refractivity contribution in [3.63, 3.8) is 0 Å². The van der Waals surface area contributed by atoms with Gasteiger partial charge in [-0.3, -0.25) is 0 Å². The van der Waals surface area contributed by atoms with Gasteiger partial charge in [0.25, 0.3) is 0 Å². The predicted molar refractivity (Wildman–Crippen MR) is 49.3 cm³/mol. The molecule has 0 N–H and O–H groups in total. The normalized spacial score (nSPS) is 22.1. The van der Waals surface area contributed by atoms with Crippen molar-refractivity contribution in [1.29, 1.82) is 0 Å². The second-order valence-electron chi connectivity index (χ2n) is 3.19. The lowest BCUT2D eigenvalue weighted by atomic mass is 10.1. The fourth-order valence-electron chi connectivity index (χ4n) is 1.19. The van der Waals surface area contributed by atoms with Crippen LogP contribution in [0.25, 0.3) is 0 Å². The third kappa shape index (κ3) is 3.59. The first-order valence-corrected chi connectivity index (χ1v) is 4.72. The zero-order valence-corrected chi connectivity index (χ0v) is 7.99. The van der Waals surface area contributed by atoms with Gasteiger partial charge in [-0.25, -0.2) is 4.79 Å². The average molecular weight is 184 g/mol. The summed E-state index contributed by atoms with van der Waals surface area (Å²) >= 11 is 0. The van der Waals surface area contributed by atoms with E-state index >= 15 is 0 Å². The maximum absolute atomic E-state index is 10.9. The third-order valence-electron chi connectivity index (χ3n) is 2.05. The minimum Gasteiger partial charge on any atom is -0.456 e. The van der Waals surface area contributed by atoms with Crippen LogP contribution in [0.4, 0.5) is 0 Å². The Kier molecular flexibility index (Phi) is 3.96. The van der Waals surface area contributed by atoms with Gasteiger partial charge in [-0.1, -0.05) is 19.9 Å². The molecule has 0 bridgehead atoms. The zero-order chi connectivity index (χ0) is 9.68. The molecule has 2 unspecified atom stereocenters. The number of hydrogen-bond acceptors (Lipinski definition) is 3. The van der Waals surface area contributed by atoms with Gasteiger partial charge in [0.05, 0.1) is 6.61 Å². The van der Waals surface area contributed by atoms with Crippen molar-refractivity contribution in [3.8, 4) is 0 Å². The molecule has 1 heterocycles. The highest BCUT2D eigenvalue weighted by Crippen LogP contribution is 2.21. The summed E-state index contributed by atoms with van der Waals surface area (Å²) < 4.78 is 10.2. The molecule has 0 aromatic carbocycles. The number of rotatable bonds is 6. The Morgan fingerprint density at radius 3 is 3.00 bits per heavy atom. The van der Waals surface area contributed by atoms with E-state index in [2.05, 4.69) is 13.5 Å². The van der Waals surface area contributed by atoms with E-state index in [-0.39, 0.29) is 18.2 Å². The molecule has 13 heavy (non-hydrogen) atoms. The first kappa shape index (κ1) is 10.3. The van der Waals surface area contributed by atoms with Crippen LogP contribution in [0.15, 0.2) is 12.7 Å². The Bertz CT molecular complexity index is 185. The van der Waals surface area contributed by atoms with E-state index in [0.717, 1.165) is 25.9 Å². The van der Waals surface area contributed by atoms with Gasteiger partial charge in [0.2, 0.25) is 0 Å². The van der Waals surface area contributed by atoms with Crippen LogP contribution in [0, 0.1) is 0 Å². The molecule has 3 nitrogen and oxygen atoms in total. The summed E-state index contributed by atoms with van der Waals surface area (Å²) in [5.74, 6) is -0.350. The van der Waals surface area contributed by atoms with Crippen LogP contribution in [-0.2, 0) is 14.3 Å². The minimum atomic E-state index is -0.350. The van der Waals surface area contributed by atoms with Crippen molar-refractivity contribution in [1.82, 2.24) is 0 Å². The average Bonchev–Trinajstić information content (AvgIpc) is 2.94. The van der Waals surface area contributed by atoms with Gasteiger partial charge < -0.3 is 9.47 Å². The summed E-state index contributed by atoms with van der Waals surface area (Å²) in [6, 6.07) is 0. The van der Waals surface area contributed by atoms with Crippen LogP contribution in [0.1, 0.15) is 26.2 Å². The number of esters is 1. The highest BCUT2D eigenvalue weighted by atomic mass is 16.6. The van der Waals surface area contributed by atoms with Crippen molar-refractivity contribution < 1.29 is 14.3 Å². The number of carbonyl (C=O) groups excluding carboxylic acids is 1. The molecule has 0 radical (unpaired) electrons. The topological polar surface area (TPSA) is 38.8 Å². The van der Waals surface area contributed by atoms with Crippen molar-refractivity contribution in [3.05, 3.63) is 12.7 Å². The van der Waals surface area contributed by atoms with Gasteiger partial charge in [-0.05, 0) is 12.8 Å². The van der Waals surface area contributed by atoms with Crippen LogP contribution in [0.3, 0.4) is 0 Å². The highest BCUT2D eigenvalue weighted by Gasteiger charge is 2.34. The van der Waals surface area contributed by atoms with Gasteiger partial charge in [0.1, 0.15) is 12.2 Å². The van der Waals surface area contributed by atoms with Gasteiger partial charge in [-0.2, -0.15) is 0 Å². The largest absolute Gasteiger partial charge is 0.456 e. The molecule has 0 saturated carbocycles. The molecule has 74 valence electrons. The molecule has 3 heteroatoms. The van der Waals surface area contributed by atoms with E-state index in [4.69, 9.17) is 9.47 Å². The summed E-state index contributed by atoms with van der Waals surface area (Å²) in [4.78, 5) is 10.9. The van der Waals surface area contributed by atoms with Crippen molar-refractivity contribution >= 4 is 5.97 Å². The van der Waals surface area contributed by atoms with Crippen LogP contribution < -0.4 is 0 Å². The molecule has 0 amide bonds. The lowest BCUT2D eigenvalue weighted by Gasteiger charge is -2.13. The first-order valence-electron chi connectivity index (χ1n) is 4.72. The van der Waals surface area contributed by atoms with Gasteiger partial charge in [0, 0.05) is 6.08 Å². The number of epoxide rings is 1. The van der Waals surface area contributed by atoms with E-state index < -0.39 is 0 Å². The molecule has 0 aromatic heterocycles. The second-order valence-corrected chi connectivity index (χ2v) is 3.19. The first-order chi connectivity index (χ1) is 6.27. The summed E-state index contributed by atoms with van der Waals surface area (Å²) in [6.45, 7) is 6.19. The van der Waals surface area contributed by atoms with E-state index in [9.17, 15) is 4.79 Å². The zero-order valence-electron chi connectivity index (χ0n) is 7.99. The maximum Gasteiger partial charge on any atom is 0.330 e. The molecule has 0 aliphatic carbocycles. The molecule has 0 aromatic rings. The van der Waals surface area contributed by atoms with Crippen LogP contribution in [0.5, 0.6) is 0 Å². The molecule has 1 saturated heterocycles. The van der Waals surface area contributed by atoms with Crippen LogP contribution in [0.2, 0.25) is 0 Å². The molecular formula is C10H16O3. The molecule has 2 atom stereocenters. The van der Waals surface area contributed by atoms with E-state index in [1.807, 2.05) is 0 Å². The Morgan fingerprint density at radius 1 is 1.85 bits per heavy atom. The highest BCUT2D eigenvalue weighted by molar-refractivity contribution is 5.81. The Morgan fingerprint density at radius 2 is 2.54 bits per heavy atom. The van der Waals surface area contributed by atoms with Crippen LogP contribution >= 0.6 is 0 Å². The Hall–Kier alpha value is -0.830. The molecule has 0 spiro atoms. The maximum atomic E-state index is 10.9. The fraction of sp³-hybridized carbons (Fsp3) is 0.700. The van der Waals surface area contributed by atoms with Gasteiger partial charge in [-0.15, -0.1) is 0 Å². The van der Waals surface area contributed by atoms with E-state index in [1.54, 1.807) is 0 Å². The van der Waals surface area contributed by atoms with Crippen molar-refractivity contribution in [2.24, 2.45) is 0 Å². The molecule has 1 aliphatic rings. The number of ether oxygens (including phenoxy) is 2. The monoisotopic (exact) mass is 184 g/mol. The van der Waals surface area contributed by atoms with Crippen molar-refractivity contribution in [2.75, 3.05) is 6.61 Å².